The fourth-order valence-corrected chi connectivity index (χ4v) is 8.85. The Bertz CT molecular complexity index is 2790. The summed E-state index contributed by atoms with van der Waals surface area (Å²) in [6.45, 7) is 0. The lowest BCUT2D eigenvalue weighted by atomic mass is 9.86. The molecule has 10 rings (SSSR count). The van der Waals surface area contributed by atoms with Crippen molar-refractivity contribution >= 4 is 63.8 Å². The molecule has 49 heavy (non-hydrogen) atoms. The van der Waals surface area contributed by atoms with Gasteiger partial charge in [0, 0.05) is 37.5 Å². The number of aromatic nitrogens is 1. The van der Waals surface area contributed by atoms with Crippen LogP contribution in [-0.2, 0) is 0 Å². The molecular weight excluding hydrogens is 611 g/mol. The Hall–Kier alpha value is -6.09. The normalized spacial score (nSPS) is 11.7. The van der Waals surface area contributed by atoms with E-state index in [0.29, 0.717) is 0 Å². The van der Waals surface area contributed by atoms with Gasteiger partial charge < -0.3 is 0 Å². The van der Waals surface area contributed by atoms with Crippen molar-refractivity contribution in [1.82, 2.24) is 4.98 Å². The minimum Gasteiger partial charge on any atom is -0.256 e. The molecule has 0 bridgehead atoms. The molecule has 0 spiro atoms. The van der Waals surface area contributed by atoms with Crippen LogP contribution in [0.15, 0.2) is 176 Å². The van der Waals surface area contributed by atoms with E-state index in [1.54, 1.807) is 0 Å². The summed E-state index contributed by atoms with van der Waals surface area (Å²) in [5.41, 5.74) is 9.46. The zero-order valence-electron chi connectivity index (χ0n) is 26.6. The summed E-state index contributed by atoms with van der Waals surface area (Å²) >= 11 is 1.86. The van der Waals surface area contributed by atoms with Crippen LogP contribution in [0, 0.1) is 0 Å². The second-order valence-electron chi connectivity index (χ2n) is 12.7. The first-order valence-electron chi connectivity index (χ1n) is 16.7. The molecular formula is C47H29NS. The maximum atomic E-state index is 5.14. The van der Waals surface area contributed by atoms with Gasteiger partial charge in [-0.25, -0.2) is 0 Å². The van der Waals surface area contributed by atoms with E-state index in [1.807, 2.05) is 11.3 Å². The molecule has 0 aliphatic rings. The fraction of sp³-hybridized carbons (Fsp3) is 0. The number of hydrogen-bond acceptors (Lipinski definition) is 2. The van der Waals surface area contributed by atoms with Crippen molar-refractivity contribution in [2.24, 2.45) is 0 Å². The summed E-state index contributed by atoms with van der Waals surface area (Å²) in [6, 6.07) is 61.6. The molecule has 0 unspecified atom stereocenters. The topological polar surface area (TPSA) is 12.9 Å². The van der Waals surface area contributed by atoms with Gasteiger partial charge in [0.05, 0.1) is 5.69 Å². The fourth-order valence-electron chi connectivity index (χ4n) is 7.60. The van der Waals surface area contributed by atoms with Crippen LogP contribution in [0.25, 0.3) is 97.1 Å². The smallest absolute Gasteiger partial charge is 0.0716 e. The van der Waals surface area contributed by atoms with Crippen LogP contribution in [0.2, 0.25) is 0 Å². The summed E-state index contributed by atoms with van der Waals surface area (Å²) in [5.74, 6) is 0. The van der Waals surface area contributed by atoms with E-state index in [2.05, 4.69) is 176 Å². The van der Waals surface area contributed by atoms with Gasteiger partial charge >= 0.3 is 0 Å². The van der Waals surface area contributed by atoms with Crippen molar-refractivity contribution in [3.63, 3.8) is 0 Å². The molecule has 0 radical (unpaired) electrons. The maximum absolute atomic E-state index is 5.14. The lowest BCUT2D eigenvalue weighted by Crippen LogP contribution is -1.92. The molecule has 2 heteroatoms. The molecule has 0 aliphatic carbocycles. The lowest BCUT2D eigenvalue weighted by Gasteiger charge is -2.18. The Morgan fingerprint density at radius 3 is 1.55 bits per heavy atom. The molecule has 0 saturated carbocycles. The molecule has 0 saturated heterocycles. The van der Waals surface area contributed by atoms with E-state index in [0.717, 1.165) is 11.3 Å². The first-order chi connectivity index (χ1) is 24.3. The van der Waals surface area contributed by atoms with Gasteiger partial charge in [-0.1, -0.05) is 152 Å². The SMILES string of the molecule is c1ccc(-c2ccc(-c3c4ccccc4c(-c4ccc(-c5cccc6c5sc5cc7ccccc7cc56)nc4)c4ccccc34)cc2)cc1. The monoisotopic (exact) mass is 639 g/mol. The van der Waals surface area contributed by atoms with Gasteiger partial charge in [0.2, 0.25) is 0 Å². The van der Waals surface area contributed by atoms with E-state index in [-0.39, 0.29) is 0 Å². The zero-order chi connectivity index (χ0) is 32.3. The van der Waals surface area contributed by atoms with Gasteiger partial charge in [-0.2, -0.15) is 0 Å². The van der Waals surface area contributed by atoms with E-state index in [4.69, 9.17) is 4.98 Å². The van der Waals surface area contributed by atoms with Gasteiger partial charge in [0.25, 0.3) is 0 Å². The van der Waals surface area contributed by atoms with Crippen LogP contribution in [0.3, 0.4) is 0 Å². The van der Waals surface area contributed by atoms with Gasteiger partial charge in [-0.15, -0.1) is 11.3 Å². The average Bonchev–Trinajstić information content (AvgIpc) is 3.54. The molecule has 0 amide bonds. The third-order valence-electron chi connectivity index (χ3n) is 9.91. The van der Waals surface area contributed by atoms with E-state index in [1.165, 1.54) is 85.9 Å². The van der Waals surface area contributed by atoms with E-state index >= 15 is 0 Å². The Morgan fingerprint density at radius 2 is 0.898 bits per heavy atom. The molecule has 2 aromatic heterocycles. The Kier molecular flexibility index (Phi) is 6.43. The highest BCUT2D eigenvalue weighted by atomic mass is 32.1. The summed E-state index contributed by atoms with van der Waals surface area (Å²) in [4.78, 5) is 5.14. The first-order valence-corrected chi connectivity index (χ1v) is 17.5. The number of hydrogen-bond donors (Lipinski definition) is 0. The lowest BCUT2D eigenvalue weighted by molar-refractivity contribution is 1.34. The van der Waals surface area contributed by atoms with Crippen molar-refractivity contribution in [3.8, 4) is 44.6 Å². The Balaban J connectivity index is 1.11. The van der Waals surface area contributed by atoms with Crippen molar-refractivity contribution < 1.29 is 0 Å². The van der Waals surface area contributed by atoms with Crippen LogP contribution in [-0.4, -0.2) is 4.98 Å². The molecule has 0 aliphatic heterocycles. The van der Waals surface area contributed by atoms with Crippen LogP contribution in [0.1, 0.15) is 0 Å². The molecule has 228 valence electrons. The predicted octanol–water partition coefficient (Wildman–Crippen LogP) is 13.6. The average molecular weight is 640 g/mol. The maximum Gasteiger partial charge on any atom is 0.0716 e. The zero-order valence-corrected chi connectivity index (χ0v) is 27.4. The molecule has 2 heterocycles. The summed E-state index contributed by atoms with van der Waals surface area (Å²) < 4.78 is 2.59. The Morgan fingerprint density at radius 1 is 0.367 bits per heavy atom. The molecule has 0 fully saturated rings. The molecule has 1 nitrogen and oxygen atoms in total. The summed E-state index contributed by atoms with van der Waals surface area (Å²) in [5, 5.41) is 10.1. The highest BCUT2D eigenvalue weighted by Gasteiger charge is 2.18. The number of rotatable bonds is 4. The minimum atomic E-state index is 0.995. The van der Waals surface area contributed by atoms with E-state index in [9.17, 15) is 0 Å². The molecule has 0 N–H and O–H groups in total. The third kappa shape index (κ3) is 4.57. The van der Waals surface area contributed by atoms with Gasteiger partial charge in [0.1, 0.15) is 0 Å². The highest BCUT2D eigenvalue weighted by molar-refractivity contribution is 7.26. The predicted molar refractivity (Wildman–Crippen MR) is 211 cm³/mol. The minimum absolute atomic E-state index is 0.995. The second kappa shape index (κ2) is 11.3. The first kappa shape index (κ1) is 28.0. The van der Waals surface area contributed by atoms with Crippen molar-refractivity contribution in [3.05, 3.63) is 176 Å². The molecule has 0 atom stereocenters. The summed E-state index contributed by atoms with van der Waals surface area (Å²) in [7, 11) is 0. The van der Waals surface area contributed by atoms with E-state index < -0.39 is 0 Å². The number of pyridine rings is 1. The van der Waals surface area contributed by atoms with Crippen molar-refractivity contribution in [2.45, 2.75) is 0 Å². The number of nitrogens with zero attached hydrogens (tertiary/aromatic N) is 1. The van der Waals surface area contributed by atoms with Crippen LogP contribution >= 0.6 is 11.3 Å². The highest BCUT2D eigenvalue weighted by Crippen LogP contribution is 2.45. The second-order valence-corrected chi connectivity index (χ2v) is 13.7. The van der Waals surface area contributed by atoms with Crippen molar-refractivity contribution in [1.29, 1.82) is 0 Å². The van der Waals surface area contributed by atoms with Gasteiger partial charge in [-0.3, -0.25) is 4.98 Å². The van der Waals surface area contributed by atoms with Crippen molar-refractivity contribution in [2.75, 3.05) is 0 Å². The van der Waals surface area contributed by atoms with Gasteiger partial charge in [-0.05, 0) is 78.3 Å². The molecule has 8 aromatic carbocycles. The third-order valence-corrected chi connectivity index (χ3v) is 11.1. The quantitative estimate of drug-likeness (QED) is 0.175. The van der Waals surface area contributed by atoms with Gasteiger partial charge in [0.15, 0.2) is 0 Å². The summed E-state index contributed by atoms with van der Waals surface area (Å²) in [6.07, 6.45) is 2.07. The number of thiophene rings is 1. The number of fused-ring (bicyclic) bond motifs is 6. The largest absolute Gasteiger partial charge is 0.256 e. The Labute approximate surface area is 288 Å². The standard InChI is InChI=1S/C47H29NS/c1-2-11-30(12-3-1)31-21-23-32(24-22-31)45-36-15-6-8-17-38(36)46(39-18-9-7-16-37(39)45)35-25-26-43(48-29-35)41-20-10-19-40-42-27-33-13-4-5-14-34(33)28-44(42)49-47(40)41/h1-29H. The number of benzene rings is 8. The van der Waals surface area contributed by atoms with Crippen LogP contribution < -0.4 is 0 Å². The molecule has 10 aromatic rings. The van der Waals surface area contributed by atoms with Crippen LogP contribution in [0.4, 0.5) is 0 Å². The van der Waals surface area contributed by atoms with Crippen LogP contribution in [0.5, 0.6) is 0 Å².